The molecule has 0 bridgehead atoms. The average Bonchev–Trinajstić information content (AvgIpc) is 1.90. The Balaban J connectivity index is 2.87. The zero-order chi connectivity index (χ0) is 9.41. The van der Waals surface area contributed by atoms with Gasteiger partial charge in [-0.15, -0.1) is 0 Å². The standard InChI is InChI=1S/C8H12F2O2/c1-6-4-5-11-7(2,9)8(3,10)12-6/h4H,5H2,1-3H3. The van der Waals surface area contributed by atoms with Gasteiger partial charge in [-0.2, -0.15) is 4.39 Å². The second-order valence-corrected chi connectivity index (χ2v) is 3.06. The van der Waals surface area contributed by atoms with E-state index in [0.717, 1.165) is 13.8 Å². The Morgan fingerprint density at radius 3 is 2.50 bits per heavy atom. The van der Waals surface area contributed by atoms with Crippen molar-refractivity contribution in [1.29, 1.82) is 0 Å². The van der Waals surface area contributed by atoms with Gasteiger partial charge < -0.3 is 9.47 Å². The van der Waals surface area contributed by atoms with Crippen LogP contribution in [-0.2, 0) is 9.47 Å². The van der Waals surface area contributed by atoms with Gasteiger partial charge >= 0.3 is 5.85 Å². The smallest absolute Gasteiger partial charge is 0.302 e. The molecule has 1 rings (SSSR count). The number of hydrogen-bond acceptors (Lipinski definition) is 2. The fourth-order valence-electron chi connectivity index (χ4n) is 0.880. The summed E-state index contributed by atoms with van der Waals surface area (Å²) in [7, 11) is 0. The van der Waals surface area contributed by atoms with Gasteiger partial charge in [0.1, 0.15) is 0 Å². The molecule has 1 heterocycles. The summed E-state index contributed by atoms with van der Waals surface area (Å²) >= 11 is 0. The van der Waals surface area contributed by atoms with E-state index in [0.29, 0.717) is 5.76 Å². The molecule has 0 spiro atoms. The molecule has 1 aliphatic heterocycles. The van der Waals surface area contributed by atoms with Gasteiger partial charge in [-0.25, -0.2) is 4.39 Å². The molecule has 0 saturated carbocycles. The minimum atomic E-state index is -2.43. The van der Waals surface area contributed by atoms with E-state index in [1.54, 1.807) is 6.92 Å². The van der Waals surface area contributed by atoms with Crippen molar-refractivity contribution >= 4 is 0 Å². The molecule has 0 fully saturated rings. The number of alkyl halides is 2. The summed E-state index contributed by atoms with van der Waals surface area (Å²) in [6, 6.07) is 0. The van der Waals surface area contributed by atoms with Gasteiger partial charge in [-0.3, -0.25) is 0 Å². The molecule has 0 amide bonds. The largest absolute Gasteiger partial charge is 0.458 e. The molecular formula is C8H12F2O2. The quantitative estimate of drug-likeness (QED) is 0.566. The van der Waals surface area contributed by atoms with Gasteiger partial charge in [-0.05, 0) is 13.0 Å². The highest BCUT2D eigenvalue weighted by Gasteiger charge is 2.50. The molecule has 70 valence electrons. The molecule has 2 unspecified atom stereocenters. The highest BCUT2D eigenvalue weighted by atomic mass is 19.2. The van der Waals surface area contributed by atoms with E-state index in [4.69, 9.17) is 4.74 Å². The summed E-state index contributed by atoms with van der Waals surface area (Å²) < 4.78 is 36.1. The summed E-state index contributed by atoms with van der Waals surface area (Å²) in [5, 5.41) is 0. The summed E-state index contributed by atoms with van der Waals surface area (Å²) in [6.45, 7) is 3.61. The van der Waals surface area contributed by atoms with Crippen LogP contribution in [0.25, 0.3) is 0 Å². The van der Waals surface area contributed by atoms with Crippen molar-refractivity contribution in [3.8, 4) is 0 Å². The van der Waals surface area contributed by atoms with E-state index in [1.165, 1.54) is 6.08 Å². The first-order valence-electron chi connectivity index (χ1n) is 3.73. The van der Waals surface area contributed by atoms with E-state index in [1.807, 2.05) is 0 Å². The van der Waals surface area contributed by atoms with Crippen molar-refractivity contribution in [1.82, 2.24) is 0 Å². The number of hydrogen-bond donors (Lipinski definition) is 0. The Morgan fingerprint density at radius 2 is 1.92 bits per heavy atom. The predicted molar refractivity (Wildman–Crippen MR) is 39.8 cm³/mol. The molecule has 0 aromatic rings. The highest BCUT2D eigenvalue weighted by Crippen LogP contribution is 2.36. The Hall–Kier alpha value is -0.640. The summed E-state index contributed by atoms with van der Waals surface area (Å²) in [5.74, 6) is -4.49. The van der Waals surface area contributed by atoms with Crippen LogP contribution in [-0.4, -0.2) is 18.3 Å². The number of rotatable bonds is 0. The van der Waals surface area contributed by atoms with Crippen molar-refractivity contribution in [2.75, 3.05) is 6.61 Å². The first-order valence-corrected chi connectivity index (χ1v) is 3.73. The van der Waals surface area contributed by atoms with Crippen LogP contribution in [0.3, 0.4) is 0 Å². The number of halogens is 2. The van der Waals surface area contributed by atoms with Crippen LogP contribution in [0.15, 0.2) is 11.8 Å². The Morgan fingerprint density at radius 1 is 1.33 bits per heavy atom. The van der Waals surface area contributed by atoms with Crippen molar-refractivity contribution < 1.29 is 18.3 Å². The van der Waals surface area contributed by atoms with E-state index in [2.05, 4.69) is 4.74 Å². The van der Waals surface area contributed by atoms with E-state index in [-0.39, 0.29) is 6.61 Å². The lowest BCUT2D eigenvalue weighted by molar-refractivity contribution is -0.287. The summed E-state index contributed by atoms with van der Waals surface area (Å²) in [5.41, 5.74) is 0. The summed E-state index contributed by atoms with van der Waals surface area (Å²) in [6.07, 6.45) is 1.49. The van der Waals surface area contributed by atoms with Crippen LogP contribution in [0.2, 0.25) is 0 Å². The maximum absolute atomic E-state index is 13.4. The van der Waals surface area contributed by atoms with Gasteiger partial charge in [0.25, 0.3) is 5.85 Å². The molecular weight excluding hydrogens is 166 g/mol. The van der Waals surface area contributed by atoms with Crippen molar-refractivity contribution in [2.24, 2.45) is 0 Å². The molecule has 0 radical (unpaired) electrons. The van der Waals surface area contributed by atoms with Crippen LogP contribution in [0, 0.1) is 0 Å². The topological polar surface area (TPSA) is 18.5 Å². The molecule has 0 N–H and O–H groups in total. The third-order valence-corrected chi connectivity index (χ3v) is 1.88. The van der Waals surface area contributed by atoms with Gasteiger partial charge in [-0.1, -0.05) is 0 Å². The van der Waals surface area contributed by atoms with Crippen LogP contribution in [0.5, 0.6) is 0 Å². The Labute approximate surface area is 70.2 Å². The number of allylic oxidation sites excluding steroid dienone is 1. The molecule has 0 aromatic carbocycles. The Kier molecular flexibility index (Phi) is 2.12. The summed E-state index contributed by atoms with van der Waals surface area (Å²) in [4.78, 5) is 0. The minimum absolute atomic E-state index is 0.0261. The highest BCUT2D eigenvalue weighted by molar-refractivity contribution is 4.96. The van der Waals surface area contributed by atoms with Gasteiger partial charge in [0.15, 0.2) is 0 Å². The molecule has 0 saturated heterocycles. The maximum atomic E-state index is 13.4. The van der Waals surface area contributed by atoms with Crippen LogP contribution >= 0.6 is 0 Å². The zero-order valence-electron chi connectivity index (χ0n) is 7.36. The van der Waals surface area contributed by atoms with E-state index >= 15 is 0 Å². The molecule has 12 heavy (non-hydrogen) atoms. The Bertz CT molecular complexity index is 209. The average molecular weight is 178 g/mol. The van der Waals surface area contributed by atoms with Crippen molar-refractivity contribution in [2.45, 2.75) is 32.5 Å². The van der Waals surface area contributed by atoms with Gasteiger partial charge in [0.2, 0.25) is 0 Å². The predicted octanol–water partition coefficient (Wildman–Crippen LogP) is 2.31. The van der Waals surface area contributed by atoms with Crippen molar-refractivity contribution in [3.63, 3.8) is 0 Å². The molecule has 1 aliphatic rings. The van der Waals surface area contributed by atoms with E-state index < -0.39 is 11.7 Å². The molecule has 2 atom stereocenters. The molecule has 0 aliphatic carbocycles. The maximum Gasteiger partial charge on any atom is 0.302 e. The monoisotopic (exact) mass is 178 g/mol. The number of ether oxygens (including phenoxy) is 2. The van der Waals surface area contributed by atoms with Crippen molar-refractivity contribution in [3.05, 3.63) is 11.8 Å². The second kappa shape index (κ2) is 2.69. The second-order valence-electron chi connectivity index (χ2n) is 3.06. The van der Waals surface area contributed by atoms with Crippen LogP contribution < -0.4 is 0 Å². The van der Waals surface area contributed by atoms with Gasteiger partial charge in [0, 0.05) is 13.8 Å². The van der Waals surface area contributed by atoms with Gasteiger partial charge in [0.05, 0.1) is 12.4 Å². The molecule has 2 nitrogen and oxygen atoms in total. The first kappa shape index (κ1) is 9.45. The lowest BCUT2D eigenvalue weighted by atomic mass is 10.2. The third kappa shape index (κ3) is 1.58. The minimum Gasteiger partial charge on any atom is -0.458 e. The lowest BCUT2D eigenvalue weighted by Crippen LogP contribution is -2.45. The first-order chi connectivity index (χ1) is 5.35. The lowest BCUT2D eigenvalue weighted by Gasteiger charge is -2.31. The fraction of sp³-hybridized carbons (Fsp3) is 0.750. The zero-order valence-corrected chi connectivity index (χ0v) is 7.36. The molecule has 4 heteroatoms. The van der Waals surface area contributed by atoms with Crippen LogP contribution in [0.1, 0.15) is 20.8 Å². The molecule has 0 aromatic heterocycles. The third-order valence-electron chi connectivity index (χ3n) is 1.88. The fourth-order valence-corrected chi connectivity index (χ4v) is 0.880. The van der Waals surface area contributed by atoms with E-state index in [9.17, 15) is 8.78 Å². The normalized spacial score (nSPS) is 42.9. The SMILES string of the molecule is CC1=CCOC(C)(F)C(C)(F)O1. The van der Waals surface area contributed by atoms with Crippen LogP contribution in [0.4, 0.5) is 8.78 Å².